The molecule has 3 nitrogen and oxygen atoms in total. The molecule has 0 aromatic rings. The molecule has 3 heteroatoms. The number of likely N-dealkylation sites (tertiary alicyclic amines) is 1. The molecule has 1 aliphatic heterocycles. The maximum Gasteiger partial charge on any atom is 0.311 e. The minimum Gasteiger partial charge on any atom is -0.465 e. The van der Waals surface area contributed by atoms with Gasteiger partial charge in [0.25, 0.3) is 0 Å². The molecule has 1 saturated heterocycles. The van der Waals surface area contributed by atoms with E-state index in [4.69, 9.17) is 4.74 Å². The van der Waals surface area contributed by atoms with E-state index in [1.807, 2.05) is 20.8 Å². The molecule has 1 rings (SSSR count). The zero-order valence-electron chi connectivity index (χ0n) is 16.6. The van der Waals surface area contributed by atoms with Crippen LogP contribution in [0.1, 0.15) is 97.8 Å². The number of carbonyl (C=O) groups is 1. The summed E-state index contributed by atoms with van der Waals surface area (Å²) < 4.78 is 5.28. The molecule has 0 atom stereocenters. The molecule has 1 heterocycles. The highest BCUT2D eigenvalue weighted by atomic mass is 16.5. The lowest BCUT2D eigenvalue weighted by Crippen LogP contribution is -2.23. The molecule has 0 radical (unpaired) electrons. The molecule has 1 aliphatic rings. The Morgan fingerprint density at radius 1 is 0.792 bits per heavy atom. The van der Waals surface area contributed by atoms with Gasteiger partial charge in [-0.05, 0) is 66.1 Å². The summed E-state index contributed by atoms with van der Waals surface area (Å²) in [6.07, 6.45) is 16.0. The van der Waals surface area contributed by atoms with Crippen LogP contribution in [-0.4, -0.2) is 37.1 Å². The van der Waals surface area contributed by atoms with E-state index in [1.54, 1.807) is 0 Å². The van der Waals surface area contributed by atoms with E-state index in [0.717, 1.165) is 6.42 Å². The third-order valence-electron chi connectivity index (χ3n) is 4.91. The predicted octanol–water partition coefficient (Wildman–Crippen LogP) is 5.57. The lowest BCUT2D eigenvalue weighted by Gasteiger charge is -2.16. The quantitative estimate of drug-likeness (QED) is 0.324. The smallest absolute Gasteiger partial charge is 0.311 e. The first-order valence-electron chi connectivity index (χ1n) is 10.4. The molecule has 142 valence electrons. The van der Waals surface area contributed by atoms with E-state index in [0.29, 0.717) is 6.61 Å². The zero-order chi connectivity index (χ0) is 17.7. The van der Waals surface area contributed by atoms with Crippen LogP contribution in [0, 0.1) is 5.41 Å². The predicted molar refractivity (Wildman–Crippen MR) is 102 cm³/mol. The van der Waals surface area contributed by atoms with Crippen molar-refractivity contribution in [1.82, 2.24) is 4.90 Å². The van der Waals surface area contributed by atoms with Crippen molar-refractivity contribution >= 4 is 5.97 Å². The van der Waals surface area contributed by atoms with E-state index in [-0.39, 0.29) is 11.4 Å². The van der Waals surface area contributed by atoms with Crippen molar-refractivity contribution in [3.8, 4) is 0 Å². The fraction of sp³-hybridized carbons (Fsp3) is 0.952. The van der Waals surface area contributed by atoms with Gasteiger partial charge in [-0.25, -0.2) is 0 Å². The second-order valence-electron chi connectivity index (χ2n) is 8.47. The summed E-state index contributed by atoms with van der Waals surface area (Å²) in [5, 5.41) is 0. The van der Waals surface area contributed by atoms with E-state index in [9.17, 15) is 4.79 Å². The van der Waals surface area contributed by atoms with Crippen LogP contribution in [0.3, 0.4) is 0 Å². The number of esters is 1. The van der Waals surface area contributed by atoms with Crippen molar-refractivity contribution in [1.29, 1.82) is 0 Å². The summed E-state index contributed by atoms with van der Waals surface area (Å²) in [6, 6.07) is 0. The molecule has 0 aliphatic carbocycles. The Kier molecular flexibility index (Phi) is 11.4. The first-order chi connectivity index (χ1) is 11.5. The maximum atomic E-state index is 11.6. The Labute approximate surface area is 150 Å². The molecule has 0 N–H and O–H groups in total. The Morgan fingerprint density at radius 3 is 1.75 bits per heavy atom. The number of hydrogen-bond donors (Lipinski definition) is 0. The summed E-state index contributed by atoms with van der Waals surface area (Å²) in [6.45, 7) is 10.3. The largest absolute Gasteiger partial charge is 0.465 e. The second-order valence-corrected chi connectivity index (χ2v) is 8.47. The van der Waals surface area contributed by atoms with E-state index >= 15 is 0 Å². The first-order valence-corrected chi connectivity index (χ1v) is 10.4. The van der Waals surface area contributed by atoms with Gasteiger partial charge in [0.1, 0.15) is 0 Å². The molecule has 0 aromatic carbocycles. The highest BCUT2D eigenvalue weighted by Crippen LogP contribution is 2.16. The average molecular weight is 340 g/mol. The third-order valence-corrected chi connectivity index (χ3v) is 4.91. The standard InChI is InChI=1S/C21H41NO2/c1-21(2,3)20(23)24-19-15-11-9-7-5-4-6-8-10-12-16-22-17-13-14-18-22/h4-19H2,1-3H3. The highest BCUT2D eigenvalue weighted by Gasteiger charge is 2.22. The number of rotatable bonds is 13. The second kappa shape index (κ2) is 12.7. The van der Waals surface area contributed by atoms with Crippen molar-refractivity contribution in [3.05, 3.63) is 0 Å². The Bertz CT molecular complexity index is 316. The highest BCUT2D eigenvalue weighted by molar-refractivity contribution is 5.75. The molecular formula is C21H41NO2. The molecule has 0 aromatic heterocycles. The zero-order valence-corrected chi connectivity index (χ0v) is 16.6. The fourth-order valence-corrected chi connectivity index (χ4v) is 3.24. The molecular weight excluding hydrogens is 298 g/mol. The van der Waals surface area contributed by atoms with Crippen molar-refractivity contribution in [2.75, 3.05) is 26.2 Å². The van der Waals surface area contributed by atoms with Crippen LogP contribution in [0.4, 0.5) is 0 Å². The van der Waals surface area contributed by atoms with Gasteiger partial charge < -0.3 is 9.64 Å². The van der Waals surface area contributed by atoms with Crippen molar-refractivity contribution in [2.24, 2.45) is 5.41 Å². The van der Waals surface area contributed by atoms with Gasteiger partial charge in [0.15, 0.2) is 0 Å². The number of hydrogen-bond acceptors (Lipinski definition) is 3. The number of carbonyl (C=O) groups excluding carboxylic acids is 1. The van der Waals surface area contributed by atoms with Crippen LogP contribution < -0.4 is 0 Å². The summed E-state index contributed by atoms with van der Waals surface area (Å²) in [5.41, 5.74) is -0.367. The van der Waals surface area contributed by atoms with Gasteiger partial charge in [0.2, 0.25) is 0 Å². The Hall–Kier alpha value is -0.570. The van der Waals surface area contributed by atoms with Crippen LogP contribution in [0.15, 0.2) is 0 Å². The Balaban J connectivity index is 1.74. The number of nitrogens with zero attached hydrogens (tertiary/aromatic N) is 1. The first kappa shape index (κ1) is 21.5. The van der Waals surface area contributed by atoms with E-state index in [2.05, 4.69) is 4.90 Å². The monoisotopic (exact) mass is 339 g/mol. The van der Waals surface area contributed by atoms with Gasteiger partial charge in [-0.15, -0.1) is 0 Å². The summed E-state index contributed by atoms with van der Waals surface area (Å²) >= 11 is 0. The molecule has 0 amide bonds. The summed E-state index contributed by atoms with van der Waals surface area (Å²) in [5.74, 6) is -0.0766. The van der Waals surface area contributed by atoms with Crippen molar-refractivity contribution < 1.29 is 9.53 Å². The molecule has 0 bridgehead atoms. The lowest BCUT2D eigenvalue weighted by atomic mass is 9.97. The van der Waals surface area contributed by atoms with Crippen LogP contribution in [-0.2, 0) is 9.53 Å². The lowest BCUT2D eigenvalue weighted by molar-refractivity contribution is -0.153. The van der Waals surface area contributed by atoms with Crippen molar-refractivity contribution in [2.45, 2.75) is 97.8 Å². The van der Waals surface area contributed by atoms with Gasteiger partial charge in [0.05, 0.1) is 12.0 Å². The van der Waals surface area contributed by atoms with E-state index < -0.39 is 0 Å². The van der Waals surface area contributed by atoms with Crippen LogP contribution >= 0.6 is 0 Å². The minimum absolute atomic E-state index is 0.0766. The van der Waals surface area contributed by atoms with Gasteiger partial charge in [-0.1, -0.05) is 51.4 Å². The van der Waals surface area contributed by atoms with Gasteiger partial charge in [-0.2, -0.15) is 0 Å². The summed E-state index contributed by atoms with van der Waals surface area (Å²) in [7, 11) is 0. The minimum atomic E-state index is -0.367. The Morgan fingerprint density at radius 2 is 1.25 bits per heavy atom. The van der Waals surface area contributed by atoms with Crippen molar-refractivity contribution in [3.63, 3.8) is 0 Å². The number of ether oxygens (including phenoxy) is 1. The average Bonchev–Trinajstić information content (AvgIpc) is 3.04. The van der Waals surface area contributed by atoms with Crippen LogP contribution in [0.2, 0.25) is 0 Å². The number of unbranched alkanes of at least 4 members (excludes halogenated alkanes) is 9. The molecule has 0 saturated carbocycles. The van der Waals surface area contributed by atoms with Crippen LogP contribution in [0.5, 0.6) is 0 Å². The van der Waals surface area contributed by atoms with Gasteiger partial charge >= 0.3 is 5.97 Å². The van der Waals surface area contributed by atoms with Crippen LogP contribution in [0.25, 0.3) is 0 Å². The SMILES string of the molecule is CC(C)(C)C(=O)OCCCCCCCCCCCCN1CCCC1. The third kappa shape index (κ3) is 11.1. The summed E-state index contributed by atoms with van der Waals surface area (Å²) in [4.78, 5) is 14.2. The molecule has 0 unspecified atom stereocenters. The normalized spacial score (nSPS) is 15.8. The topological polar surface area (TPSA) is 29.5 Å². The van der Waals surface area contributed by atoms with Gasteiger partial charge in [-0.3, -0.25) is 4.79 Å². The van der Waals surface area contributed by atoms with Gasteiger partial charge in [0, 0.05) is 0 Å². The molecule has 24 heavy (non-hydrogen) atoms. The molecule has 0 spiro atoms. The van der Waals surface area contributed by atoms with E-state index in [1.165, 1.54) is 90.3 Å². The molecule has 1 fully saturated rings. The fourth-order valence-electron chi connectivity index (χ4n) is 3.24. The maximum absolute atomic E-state index is 11.6.